The Labute approximate surface area is 191 Å². The van der Waals surface area contributed by atoms with Crippen LogP contribution in [-0.4, -0.2) is 84.1 Å². The number of imidazole rings is 1. The molecule has 4 aliphatic rings. The molecule has 1 aromatic heterocycles. The van der Waals surface area contributed by atoms with Crippen molar-refractivity contribution in [3.8, 4) is 0 Å². The van der Waals surface area contributed by atoms with Gasteiger partial charge in [-0.25, -0.2) is 9.78 Å². The fourth-order valence-electron chi connectivity index (χ4n) is 4.15. The number of carbonyl (C=O) groups is 4. The average molecular weight is 476 g/mol. The van der Waals surface area contributed by atoms with E-state index in [-0.39, 0.29) is 23.3 Å². The molecule has 3 aliphatic heterocycles. The van der Waals surface area contributed by atoms with Gasteiger partial charge in [0.2, 0.25) is 11.8 Å². The average Bonchev–Trinajstić information content (AvgIpc) is 3.35. The highest BCUT2D eigenvalue weighted by Crippen LogP contribution is 2.41. The van der Waals surface area contributed by atoms with Crippen molar-refractivity contribution in [2.45, 2.75) is 41.9 Å². The number of rotatable bonds is 7. The Hall–Kier alpha value is -2.73. The van der Waals surface area contributed by atoms with E-state index in [9.17, 15) is 24.3 Å². The number of β-lactam (4-membered cyclic amide) rings is 1. The predicted molar refractivity (Wildman–Crippen MR) is 116 cm³/mol. The van der Waals surface area contributed by atoms with Crippen LogP contribution in [0.15, 0.2) is 40.5 Å². The van der Waals surface area contributed by atoms with E-state index in [2.05, 4.69) is 15.3 Å². The number of nitrogens with zero attached hydrogens (tertiary/aromatic N) is 3. The van der Waals surface area contributed by atoms with Gasteiger partial charge in [0.05, 0.1) is 5.75 Å². The van der Waals surface area contributed by atoms with Gasteiger partial charge in [-0.15, -0.1) is 11.8 Å². The van der Waals surface area contributed by atoms with Gasteiger partial charge in [-0.2, -0.15) is 0 Å². The second-order valence-corrected chi connectivity index (χ2v) is 10.0. The number of carboxylic acids is 1. The van der Waals surface area contributed by atoms with E-state index in [4.69, 9.17) is 0 Å². The molecule has 12 heteroatoms. The van der Waals surface area contributed by atoms with Crippen LogP contribution in [0, 0.1) is 0 Å². The maximum atomic E-state index is 12.8. The molecule has 3 amide bonds. The number of aliphatic carboxylic acids is 1. The standard InChI is InChI=1S/C20H21N5O5S2/c26-13(9-32-20-21-4-5-22-20)23-14-17(28)25-15(19(29)30)11(8-31-18(14)25)7-10-3-6-24(16(10)27)12-1-2-12/h4-5,7,12,14,18H,1-3,6,8-9H2,(H,21,22)(H,23,26)(H,29,30)/b10-7+/t14-,18-/m1/s1. The lowest BCUT2D eigenvalue weighted by Crippen LogP contribution is -2.70. The minimum atomic E-state index is -1.21. The molecule has 3 fully saturated rings. The Morgan fingerprint density at radius 1 is 1.38 bits per heavy atom. The number of hydrogen-bond donors (Lipinski definition) is 3. The highest BCUT2D eigenvalue weighted by atomic mass is 32.2. The molecule has 1 saturated carbocycles. The Bertz CT molecular complexity index is 1050. The topological polar surface area (TPSA) is 136 Å². The maximum absolute atomic E-state index is 12.8. The van der Waals surface area contributed by atoms with Crippen molar-refractivity contribution in [2.24, 2.45) is 0 Å². The number of fused-ring (bicyclic) bond motifs is 1. The van der Waals surface area contributed by atoms with Crippen LogP contribution >= 0.6 is 23.5 Å². The zero-order valence-electron chi connectivity index (χ0n) is 16.9. The molecule has 0 aromatic carbocycles. The van der Waals surface area contributed by atoms with Gasteiger partial charge in [0.25, 0.3) is 5.91 Å². The van der Waals surface area contributed by atoms with E-state index in [0.717, 1.165) is 12.8 Å². The van der Waals surface area contributed by atoms with Crippen LogP contribution in [0.5, 0.6) is 0 Å². The second kappa shape index (κ2) is 8.32. The van der Waals surface area contributed by atoms with Crippen LogP contribution in [0.25, 0.3) is 0 Å². The number of allylic oxidation sites excluding steroid dienone is 1. The van der Waals surface area contributed by atoms with E-state index < -0.39 is 23.3 Å². The lowest BCUT2D eigenvalue weighted by atomic mass is 10.0. The number of H-pyrrole nitrogens is 1. The number of nitrogens with one attached hydrogen (secondary N) is 2. The van der Waals surface area contributed by atoms with Gasteiger partial charge in [-0.05, 0) is 30.9 Å². The number of likely N-dealkylation sites (tertiary alicyclic amines) is 1. The summed E-state index contributed by atoms with van der Waals surface area (Å²) in [5, 5.41) is 12.6. The molecule has 0 spiro atoms. The van der Waals surface area contributed by atoms with Crippen LogP contribution < -0.4 is 5.32 Å². The number of aromatic nitrogens is 2. The third kappa shape index (κ3) is 3.81. The van der Waals surface area contributed by atoms with Gasteiger partial charge in [0.15, 0.2) is 5.16 Å². The first kappa shape index (κ1) is 21.1. The SMILES string of the molecule is O=C(CSc1ncc[nH]1)N[C@@H]1C(=O)N2C(C(=O)O)=C(/C=C3\CCN(C4CC4)C3=O)CS[C@H]12. The Balaban J connectivity index is 1.28. The normalized spacial score (nSPS) is 26.4. The molecule has 0 unspecified atom stereocenters. The number of thioether (sulfide) groups is 2. The number of carbonyl (C=O) groups excluding carboxylic acids is 3. The highest BCUT2D eigenvalue weighted by molar-refractivity contribution is 8.00. The van der Waals surface area contributed by atoms with E-state index in [1.807, 2.05) is 4.90 Å². The minimum Gasteiger partial charge on any atom is -0.477 e. The number of aromatic amines is 1. The molecule has 0 radical (unpaired) electrons. The van der Waals surface area contributed by atoms with E-state index >= 15 is 0 Å². The molecule has 1 aliphatic carbocycles. The highest BCUT2D eigenvalue weighted by Gasteiger charge is 2.54. The Kier molecular flexibility index (Phi) is 5.49. The summed E-state index contributed by atoms with van der Waals surface area (Å²) in [6.45, 7) is 0.660. The molecule has 1 aromatic rings. The summed E-state index contributed by atoms with van der Waals surface area (Å²) in [7, 11) is 0. The molecule has 168 valence electrons. The van der Waals surface area contributed by atoms with Gasteiger partial charge >= 0.3 is 5.97 Å². The van der Waals surface area contributed by atoms with Crippen molar-refractivity contribution in [1.29, 1.82) is 0 Å². The number of hydrogen-bond acceptors (Lipinski definition) is 7. The van der Waals surface area contributed by atoms with Crippen LogP contribution in [0.4, 0.5) is 0 Å². The smallest absolute Gasteiger partial charge is 0.352 e. The first-order valence-electron chi connectivity index (χ1n) is 10.3. The summed E-state index contributed by atoms with van der Waals surface area (Å²) in [6.07, 6.45) is 7.52. The molecule has 3 N–H and O–H groups in total. The summed E-state index contributed by atoms with van der Waals surface area (Å²) in [4.78, 5) is 59.7. The monoisotopic (exact) mass is 475 g/mol. The fourth-order valence-corrected chi connectivity index (χ4v) is 6.09. The van der Waals surface area contributed by atoms with Gasteiger partial charge in [-0.1, -0.05) is 11.8 Å². The molecule has 2 atom stereocenters. The van der Waals surface area contributed by atoms with Crippen LogP contribution in [0.3, 0.4) is 0 Å². The van der Waals surface area contributed by atoms with Gasteiger partial charge < -0.3 is 20.3 Å². The second-order valence-electron chi connectivity index (χ2n) is 7.97. The van der Waals surface area contributed by atoms with Crippen LogP contribution in [0.2, 0.25) is 0 Å². The minimum absolute atomic E-state index is 0.0361. The van der Waals surface area contributed by atoms with Crippen molar-refractivity contribution in [3.05, 3.63) is 35.3 Å². The van der Waals surface area contributed by atoms with E-state index in [1.165, 1.54) is 28.4 Å². The molecule has 5 rings (SSSR count). The fraction of sp³-hybridized carbons (Fsp3) is 0.450. The predicted octanol–water partition coefficient (Wildman–Crippen LogP) is 0.562. The summed E-state index contributed by atoms with van der Waals surface area (Å²) in [6, 6.07) is -0.453. The van der Waals surface area contributed by atoms with E-state index in [1.54, 1.807) is 18.5 Å². The molecule has 2 saturated heterocycles. The molecular weight excluding hydrogens is 454 g/mol. The van der Waals surface area contributed by atoms with Gasteiger partial charge in [-0.3, -0.25) is 19.3 Å². The van der Waals surface area contributed by atoms with Crippen LogP contribution in [-0.2, 0) is 19.2 Å². The molecule has 4 heterocycles. The largest absolute Gasteiger partial charge is 0.477 e. The van der Waals surface area contributed by atoms with E-state index in [0.29, 0.717) is 41.1 Å². The Morgan fingerprint density at radius 3 is 2.88 bits per heavy atom. The molecule has 32 heavy (non-hydrogen) atoms. The first-order valence-corrected chi connectivity index (χ1v) is 12.3. The summed E-state index contributed by atoms with van der Waals surface area (Å²) in [5.41, 5.74) is 0.961. The summed E-state index contributed by atoms with van der Waals surface area (Å²) >= 11 is 2.61. The molecular formula is C20H21N5O5S2. The van der Waals surface area contributed by atoms with Gasteiger partial charge in [0.1, 0.15) is 17.1 Å². The zero-order valence-corrected chi connectivity index (χ0v) is 18.6. The third-order valence-corrected chi connectivity index (χ3v) is 8.03. The van der Waals surface area contributed by atoms with Crippen molar-refractivity contribution in [2.75, 3.05) is 18.1 Å². The van der Waals surface area contributed by atoms with Crippen LogP contribution in [0.1, 0.15) is 19.3 Å². The van der Waals surface area contributed by atoms with Crippen molar-refractivity contribution in [1.82, 2.24) is 25.1 Å². The molecule has 0 bridgehead atoms. The zero-order chi connectivity index (χ0) is 22.4. The van der Waals surface area contributed by atoms with Crippen molar-refractivity contribution < 1.29 is 24.3 Å². The first-order chi connectivity index (χ1) is 15.4. The third-order valence-electron chi connectivity index (χ3n) is 5.82. The lowest BCUT2D eigenvalue weighted by molar-refractivity contribution is -0.150. The summed E-state index contributed by atoms with van der Waals surface area (Å²) in [5.74, 6) is -1.58. The molecule has 10 nitrogen and oxygen atoms in total. The van der Waals surface area contributed by atoms with Crippen molar-refractivity contribution >= 4 is 47.2 Å². The van der Waals surface area contributed by atoms with Crippen molar-refractivity contribution in [3.63, 3.8) is 0 Å². The maximum Gasteiger partial charge on any atom is 0.352 e. The summed E-state index contributed by atoms with van der Waals surface area (Å²) < 4.78 is 0. The Morgan fingerprint density at radius 2 is 2.19 bits per heavy atom. The van der Waals surface area contributed by atoms with Gasteiger partial charge in [0, 0.05) is 36.3 Å². The number of amides is 3. The quantitative estimate of drug-likeness (QED) is 0.296. The number of carboxylic acid groups (broad SMARTS) is 1. The lowest BCUT2D eigenvalue weighted by Gasteiger charge is -2.49.